The van der Waals surface area contributed by atoms with Crippen LogP contribution < -0.4 is 0 Å². The minimum atomic E-state index is -2.43. The van der Waals surface area contributed by atoms with E-state index in [1.807, 2.05) is 0 Å². The van der Waals surface area contributed by atoms with Crippen molar-refractivity contribution in [3.8, 4) is 0 Å². The summed E-state index contributed by atoms with van der Waals surface area (Å²) in [7, 11) is -2.43. The topological polar surface area (TPSA) is 77.3 Å². The van der Waals surface area contributed by atoms with Crippen LogP contribution in [-0.2, 0) is 10.3 Å². The van der Waals surface area contributed by atoms with Gasteiger partial charge < -0.3 is 0 Å². The summed E-state index contributed by atoms with van der Waals surface area (Å²) in [4.78, 5) is 10.3. The number of fused-ring (bicyclic) bond motifs is 1. The summed E-state index contributed by atoms with van der Waals surface area (Å²) in [5.74, 6) is 0. The molecule has 0 radical (unpaired) electrons. The highest BCUT2D eigenvalue weighted by molar-refractivity contribution is 7.73. The van der Waals surface area contributed by atoms with Crippen molar-refractivity contribution in [1.82, 2.24) is 0 Å². The first-order valence-electron chi connectivity index (χ1n) is 4.50. The molecule has 82 valence electrons. The van der Waals surface area contributed by atoms with Crippen LogP contribution in [0.3, 0.4) is 0 Å². The van der Waals surface area contributed by atoms with Gasteiger partial charge in [-0.1, -0.05) is 24.3 Å². The average molecular weight is 237 g/mol. The second kappa shape index (κ2) is 3.90. The molecule has 6 heteroatoms. The van der Waals surface area contributed by atoms with Gasteiger partial charge in [-0.2, -0.15) is 8.42 Å². The lowest BCUT2D eigenvalue weighted by molar-refractivity contribution is -0.385. The standard InChI is InChI=1S/C10H7NO4S/c12-11(13)8-5-1-3-7-4-2-6-9(10(7)8)16(14)15/h1-5H,6H2. The average Bonchev–Trinajstić information content (AvgIpc) is 2.27. The Balaban J connectivity index is 2.86. The van der Waals surface area contributed by atoms with Crippen molar-refractivity contribution < 1.29 is 13.3 Å². The van der Waals surface area contributed by atoms with Crippen molar-refractivity contribution >= 4 is 26.9 Å². The van der Waals surface area contributed by atoms with Crippen LogP contribution in [0.5, 0.6) is 0 Å². The Morgan fingerprint density at radius 2 is 2.06 bits per heavy atom. The zero-order chi connectivity index (χ0) is 11.7. The smallest absolute Gasteiger partial charge is 0.258 e. The van der Waals surface area contributed by atoms with Crippen LogP contribution in [0.1, 0.15) is 17.5 Å². The van der Waals surface area contributed by atoms with Crippen molar-refractivity contribution in [2.75, 3.05) is 0 Å². The van der Waals surface area contributed by atoms with Gasteiger partial charge in [-0.25, -0.2) is 0 Å². The van der Waals surface area contributed by atoms with Crippen LogP contribution in [0.2, 0.25) is 0 Å². The summed E-state index contributed by atoms with van der Waals surface area (Å²) < 4.78 is 22.0. The fourth-order valence-electron chi connectivity index (χ4n) is 1.70. The predicted octanol–water partition coefficient (Wildman–Crippen LogP) is 1.41. The van der Waals surface area contributed by atoms with Crippen molar-refractivity contribution in [3.05, 3.63) is 45.5 Å². The van der Waals surface area contributed by atoms with E-state index in [1.54, 1.807) is 18.2 Å². The Morgan fingerprint density at radius 3 is 2.69 bits per heavy atom. The molecular formula is C10H7NO4S. The fraction of sp³-hybridized carbons (Fsp3) is 0.100. The van der Waals surface area contributed by atoms with Gasteiger partial charge in [0.1, 0.15) is 0 Å². The summed E-state index contributed by atoms with van der Waals surface area (Å²) in [5.41, 5.74) is 0.615. The first-order valence-corrected chi connectivity index (χ1v) is 5.58. The van der Waals surface area contributed by atoms with Crippen molar-refractivity contribution in [3.63, 3.8) is 0 Å². The third-order valence-corrected chi connectivity index (χ3v) is 3.13. The lowest BCUT2D eigenvalue weighted by Crippen LogP contribution is -2.10. The minimum absolute atomic E-state index is 0.0739. The molecule has 0 unspecified atom stereocenters. The van der Waals surface area contributed by atoms with E-state index in [4.69, 9.17) is 0 Å². The van der Waals surface area contributed by atoms with E-state index in [-0.39, 0.29) is 22.5 Å². The number of hydrogen-bond donors (Lipinski definition) is 0. The molecule has 5 nitrogen and oxygen atoms in total. The van der Waals surface area contributed by atoms with Gasteiger partial charge in [-0.15, -0.1) is 0 Å². The molecule has 1 aliphatic rings. The van der Waals surface area contributed by atoms with Gasteiger partial charge in [0, 0.05) is 12.5 Å². The summed E-state index contributed by atoms with van der Waals surface area (Å²) in [6.45, 7) is 0. The number of rotatable bonds is 1. The molecule has 0 fully saturated rings. The van der Waals surface area contributed by atoms with E-state index < -0.39 is 15.2 Å². The first-order chi connectivity index (χ1) is 7.61. The molecule has 0 saturated carbocycles. The molecule has 2 rings (SSSR count). The van der Waals surface area contributed by atoms with E-state index in [0.717, 1.165) is 0 Å². The molecule has 0 N–H and O–H groups in total. The highest BCUT2D eigenvalue weighted by atomic mass is 32.2. The summed E-state index contributed by atoms with van der Waals surface area (Å²) >= 11 is 0. The first kappa shape index (κ1) is 10.6. The third kappa shape index (κ3) is 1.63. The zero-order valence-electron chi connectivity index (χ0n) is 8.08. The maximum atomic E-state index is 11.0. The predicted molar refractivity (Wildman–Crippen MR) is 59.8 cm³/mol. The van der Waals surface area contributed by atoms with E-state index in [2.05, 4.69) is 0 Å². The third-order valence-electron chi connectivity index (χ3n) is 2.35. The normalized spacial score (nSPS) is 13.4. The number of nitro benzene ring substituents is 1. The van der Waals surface area contributed by atoms with Crippen molar-refractivity contribution in [1.29, 1.82) is 0 Å². The quantitative estimate of drug-likeness (QED) is 0.420. The Hall–Kier alpha value is -1.95. The molecule has 0 heterocycles. The van der Waals surface area contributed by atoms with E-state index in [1.165, 1.54) is 12.1 Å². The number of allylic oxidation sites excluding steroid dienone is 1. The van der Waals surface area contributed by atoms with Crippen molar-refractivity contribution in [2.45, 2.75) is 6.42 Å². The van der Waals surface area contributed by atoms with Gasteiger partial charge in [0.2, 0.25) is 10.3 Å². The Kier molecular flexibility index (Phi) is 2.57. The Labute approximate surface area is 92.7 Å². The zero-order valence-corrected chi connectivity index (χ0v) is 8.90. The van der Waals surface area contributed by atoms with E-state index >= 15 is 0 Å². The monoisotopic (exact) mass is 237 g/mol. The SMILES string of the molecule is O=[N+]([O-])c1cccc2c1C(=S(=O)=O)CC=C2. The number of nitrogens with zero attached hydrogens (tertiary/aromatic N) is 1. The van der Waals surface area contributed by atoms with Crippen LogP contribution in [-0.4, -0.2) is 18.2 Å². The molecule has 1 aromatic rings. The molecule has 16 heavy (non-hydrogen) atoms. The Morgan fingerprint density at radius 1 is 1.31 bits per heavy atom. The van der Waals surface area contributed by atoms with Gasteiger partial charge in [0.05, 0.1) is 15.4 Å². The molecule has 0 amide bonds. The van der Waals surface area contributed by atoms with Crippen LogP contribution in [0.25, 0.3) is 6.08 Å². The van der Waals surface area contributed by atoms with Crippen LogP contribution >= 0.6 is 0 Å². The van der Waals surface area contributed by atoms with Gasteiger partial charge >= 0.3 is 0 Å². The molecule has 0 atom stereocenters. The summed E-state index contributed by atoms with van der Waals surface area (Å²) in [6, 6.07) is 4.51. The number of nitro groups is 1. The summed E-state index contributed by atoms with van der Waals surface area (Å²) in [5, 5.41) is 10.8. The van der Waals surface area contributed by atoms with Crippen LogP contribution in [0.4, 0.5) is 5.69 Å². The maximum absolute atomic E-state index is 11.0. The second-order valence-corrected chi connectivity index (χ2v) is 4.23. The lowest BCUT2D eigenvalue weighted by Gasteiger charge is -2.10. The lowest BCUT2D eigenvalue weighted by atomic mass is 9.96. The van der Waals surface area contributed by atoms with E-state index in [9.17, 15) is 18.5 Å². The number of hydrogen-bond acceptors (Lipinski definition) is 4. The fourth-order valence-corrected chi connectivity index (χ4v) is 2.32. The molecule has 1 aliphatic carbocycles. The largest absolute Gasteiger partial charge is 0.278 e. The van der Waals surface area contributed by atoms with Gasteiger partial charge in [0.25, 0.3) is 5.69 Å². The maximum Gasteiger partial charge on any atom is 0.278 e. The molecular weight excluding hydrogens is 230 g/mol. The van der Waals surface area contributed by atoms with Gasteiger partial charge in [-0.3, -0.25) is 10.1 Å². The summed E-state index contributed by atoms with van der Waals surface area (Å²) in [6.07, 6.45) is 3.57. The molecule has 0 saturated heterocycles. The highest BCUT2D eigenvalue weighted by Crippen LogP contribution is 2.28. The molecule has 0 bridgehead atoms. The van der Waals surface area contributed by atoms with Crippen LogP contribution in [0, 0.1) is 10.1 Å². The van der Waals surface area contributed by atoms with Crippen LogP contribution in [0.15, 0.2) is 24.3 Å². The molecule has 0 spiro atoms. The molecule has 0 aromatic heterocycles. The van der Waals surface area contributed by atoms with E-state index in [0.29, 0.717) is 5.56 Å². The Bertz CT molecular complexity index is 620. The van der Waals surface area contributed by atoms with Gasteiger partial charge in [0.15, 0.2) is 0 Å². The highest BCUT2D eigenvalue weighted by Gasteiger charge is 2.23. The number of benzene rings is 1. The van der Waals surface area contributed by atoms with Gasteiger partial charge in [-0.05, 0) is 5.56 Å². The second-order valence-electron chi connectivity index (χ2n) is 3.26. The molecule has 1 aromatic carbocycles. The molecule has 0 aliphatic heterocycles. The van der Waals surface area contributed by atoms with Crippen molar-refractivity contribution in [2.24, 2.45) is 0 Å². The minimum Gasteiger partial charge on any atom is -0.258 e.